The van der Waals surface area contributed by atoms with Crippen LogP contribution in [0.1, 0.15) is 70.0 Å². The summed E-state index contributed by atoms with van der Waals surface area (Å²) in [7, 11) is 4.73. The van der Waals surface area contributed by atoms with Crippen LogP contribution in [0, 0.1) is 17.8 Å². The number of rotatable bonds is 13. The number of benzene rings is 1. The Morgan fingerprint density at radius 2 is 1.74 bits per heavy atom. The maximum Gasteiger partial charge on any atom is 0.220 e. The molecule has 2 atom stereocenters. The Morgan fingerprint density at radius 3 is 2.36 bits per heavy atom. The molecule has 0 saturated heterocycles. The van der Waals surface area contributed by atoms with E-state index in [9.17, 15) is 14.4 Å². The zero-order valence-electron chi connectivity index (χ0n) is 25.7. The first kappa shape index (κ1) is 31.2. The van der Waals surface area contributed by atoms with E-state index in [1.807, 2.05) is 12.1 Å². The molecular weight excluding hydrogens is 534 g/mol. The maximum absolute atomic E-state index is 13.6. The van der Waals surface area contributed by atoms with Gasteiger partial charge in [0.1, 0.15) is 0 Å². The number of anilines is 1. The molecule has 3 N–H and O–H groups in total. The molecule has 2 aliphatic rings. The van der Waals surface area contributed by atoms with E-state index in [0.717, 1.165) is 29.7 Å². The second-order valence-electron chi connectivity index (χ2n) is 11.9. The molecule has 0 radical (unpaired) electrons. The van der Waals surface area contributed by atoms with Crippen molar-refractivity contribution in [2.75, 3.05) is 39.7 Å². The molecule has 1 saturated carbocycles. The van der Waals surface area contributed by atoms with Crippen molar-refractivity contribution in [2.24, 2.45) is 17.8 Å². The number of methoxy groups -OCH3 is 3. The molecule has 0 spiro atoms. The lowest BCUT2D eigenvalue weighted by Crippen LogP contribution is -2.30. The van der Waals surface area contributed by atoms with Crippen molar-refractivity contribution in [3.05, 3.63) is 45.6 Å². The molecule has 1 fully saturated rings. The zero-order valence-corrected chi connectivity index (χ0v) is 25.7. The molecule has 0 aromatic heterocycles. The topological polar surface area (TPSA) is 115 Å². The van der Waals surface area contributed by atoms with Crippen molar-refractivity contribution in [1.82, 2.24) is 10.6 Å². The fourth-order valence-electron chi connectivity index (χ4n) is 5.93. The predicted molar refractivity (Wildman–Crippen MR) is 164 cm³/mol. The fourth-order valence-corrected chi connectivity index (χ4v) is 5.93. The molecule has 0 bridgehead atoms. The van der Waals surface area contributed by atoms with Gasteiger partial charge in [0.05, 0.1) is 33.1 Å². The Bertz CT molecular complexity index is 1350. The predicted octanol–water partition coefficient (Wildman–Crippen LogP) is 4.85. The van der Waals surface area contributed by atoms with Crippen LogP contribution in [0.5, 0.6) is 17.2 Å². The minimum atomic E-state index is -0.372. The van der Waals surface area contributed by atoms with Crippen LogP contribution in [0.2, 0.25) is 0 Å². The van der Waals surface area contributed by atoms with Gasteiger partial charge in [0.2, 0.25) is 23.0 Å². The third kappa shape index (κ3) is 7.55. The third-order valence-corrected chi connectivity index (χ3v) is 8.06. The van der Waals surface area contributed by atoms with E-state index in [0.29, 0.717) is 66.1 Å². The third-order valence-electron chi connectivity index (χ3n) is 8.06. The van der Waals surface area contributed by atoms with E-state index in [2.05, 4.69) is 29.8 Å². The highest BCUT2D eigenvalue weighted by Gasteiger charge is 2.29. The van der Waals surface area contributed by atoms with Crippen LogP contribution in [0.3, 0.4) is 0 Å². The summed E-state index contributed by atoms with van der Waals surface area (Å²) in [6.07, 6.45) is 4.89. The quantitative estimate of drug-likeness (QED) is 0.311. The molecule has 42 heavy (non-hydrogen) atoms. The van der Waals surface area contributed by atoms with Gasteiger partial charge in [0.25, 0.3) is 0 Å². The molecule has 2 amide bonds. The van der Waals surface area contributed by atoms with Gasteiger partial charge in [-0.05, 0) is 84.7 Å². The van der Waals surface area contributed by atoms with Crippen LogP contribution in [-0.4, -0.2) is 46.2 Å². The summed E-state index contributed by atoms with van der Waals surface area (Å²) in [5.41, 5.74) is 3.53. The van der Waals surface area contributed by atoms with Gasteiger partial charge in [-0.2, -0.15) is 0 Å². The monoisotopic (exact) mass is 579 g/mol. The van der Waals surface area contributed by atoms with E-state index in [4.69, 9.17) is 14.2 Å². The van der Waals surface area contributed by atoms with Crippen LogP contribution >= 0.6 is 0 Å². The largest absolute Gasteiger partial charge is 0.493 e. The highest BCUT2D eigenvalue weighted by Crippen LogP contribution is 2.50. The van der Waals surface area contributed by atoms with E-state index >= 15 is 0 Å². The van der Waals surface area contributed by atoms with Crippen molar-refractivity contribution in [2.45, 2.75) is 65.3 Å². The van der Waals surface area contributed by atoms with Crippen LogP contribution < -0.4 is 35.6 Å². The van der Waals surface area contributed by atoms with E-state index in [-0.39, 0.29) is 29.2 Å². The Kier molecular flexibility index (Phi) is 10.4. The van der Waals surface area contributed by atoms with Gasteiger partial charge < -0.3 is 30.2 Å². The summed E-state index contributed by atoms with van der Waals surface area (Å²) < 4.78 is 17.1. The molecule has 4 rings (SSSR count). The molecule has 2 aromatic rings. The van der Waals surface area contributed by atoms with Crippen LogP contribution in [-0.2, 0) is 16.0 Å². The Labute approximate surface area is 248 Å². The highest BCUT2D eigenvalue weighted by atomic mass is 16.5. The van der Waals surface area contributed by atoms with E-state index in [1.54, 1.807) is 33.5 Å². The van der Waals surface area contributed by atoms with Gasteiger partial charge in [0, 0.05) is 32.0 Å². The van der Waals surface area contributed by atoms with Crippen molar-refractivity contribution in [3.8, 4) is 28.4 Å². The van der Waals surface area contributed by atoms with Crippen LogP contribution in [0.4, 0.5) is 5.69 Å². The number of carbonyl (C=O) groups excluding carboxylic acids is 2. The van der Waals surface area contributed by atoms with Crippen molar-refractivity contribution in [3.63, 3.8) is 0 Å². The van der Waals surface area contributed by atoms with E-state index in [1.165, 1.54) is 19.8 Å². The lowest BCUT2D eigenvalue weighted by molar-refractivity contribution is -0.122. The smallest absolute Gasteiger partial charge is 0.220 e. The molecular formula is C33H45N3O6. The molecule has 228 valence electrons. The Balaban J connectivity index is 1.71. The van der Waals surface area contributed by atoms with Gasteiger partial charge in [-0.25, -0.2) is 0 Å². The Morgan fingerprint density at radius 1 is 1.00 bits per heavy atom. The second-order valence-corrected chi connectivity index (χ2v) is 11.9. The maximum atomic E-state index is 13.6. The number of amides is 2. The number of nitrogens with one attached hydrogen (secondary N) is 3. The lowest BCUT2D eigenvalue weighted by Gasteiger charge is -2.19. The molecule has 0 aliphatic heterocycles. The summed E-state index contributed by atoms with van der Waals surface area (Å²) in [5, 5.41) is 9.46. The summed E-state index contributed by atoms with van der Waals surface area (Å²) in [4.78, 5) is 38.5. The first-order valence-corrected chi connectivity index (χ1v) is 14.9. The van der Waals surface area contributed by atoms with Gasteiger partial charge >= 0.3 is 0 Å². The first-order valence-electron chi connectivity index (χ1n) is 14.9. The number of carbonyl (C=O) groups is 2. The SMILES string of the molecule is COc1cc2c(c(OC)c1OC)-c1ccc(NC[C@H](CC(=O)NCC3CC3)CC(C)C)c(=O)cc1[C@@H](NC(C)=O)CC2. The molecule has 9 nitrogen and oxygen atoms in total. The molecule has 2 aliphatic carbocycles. The number of ether oxygens (including phenoxy) is 3. The van der Waals surface area contributed by atoms with Gasteiger partial charge in [-0.1, -0.05) is 19.9 Å². The minimum absolute atomic E-state index is 0.0632. The first-order chi connectivity index (χ1) is 20.1. The number of hydrogen-bond acceptors (Lipinski definition) is 7. The summed E-state index contributed by atoms with van der Waals surface area (Å²) in [6, 6.07) is 6.88. The molecule has 0 heterocycles. The average Bonchev–Trinajstić information content (AvgIpc) is 3.79. The number of fused-ring (bicyclic) bond motifs is 3. The van der Waals surface area contributed by atoms with Crippen molar-refractivity contribution >= 4 is 17.5 Å². The lowest BCUT2D eigenvalue weighted by atomic mass is 9.93. The zero-order chi connectivity index (χ0) is 30.4. The molecule has 2 aromatic carbocycles. The summed E-state index contributed by atoms with van der Waals surface area (Å²) in [5.74, 6) is 2.54. The van der Waals surface area contributed by atoms with Crippen molar-refractivity contribution < 1.29 is 23.8 Å². The van der Waals surface area contributed by atoms with Crippen LogP contribution in [0.15, 0.2) is 29.1 Å². The average molecular weight is 580 g/mol. The van der Waals surface area contributed by atoms with E-state index < -0.39 is 0 Å². The van der Waals surface area contributed by atoms with Gasteiger partial charge in [-0.15, -0.1) is 0 Å². The number of hydrogen-bond donors (Lipinski definition) is 3. The minimum Gasteiger partial charge on any atom is -0.493 e. The van der Waals surface area contributed by atoms with Crippen molar-refractivity contribution in [1.29, 1.82) is 0 Å². The molecule has 9 heteroatoms. The second kappa shape index (κ2) is 13.9. The van der Waals surface area contributed by atoms with Gasteiger partial charge in [-0.3, -0.25) is 14.4 Å². The standard InChI is InChI=1S/C33H45N3O6/c1-19(2)13-22(14-30(39)35-17-21-7-8-21)18-34-27-12-10-24-25(16-28(27)38)26(36-20(3)37)11-9-23-15-29(40-4)32(41-5)33(42-6)31(23)24/h10,12,15-16,19,21-22,26H,7-9,11,13-14,17-18H2,1-6H3,(H,34,38)(H,35,39)(H,36,37)/t22-,26-/m0/s1. The summed E-state index contributed by atoms with van der Waals surface area (Å²) >= 11 is 0. The molecule has 0 unspecified atom stereocenters. The van der Waals surface area contributed by atoms with Crippen LogP contribution in [0.25, 0.3) is 11.1 Å². The summed E-state index contributed by atoms with van der Waals surface area (Å²) in [6.45, 7) is 7.02. The van der Waals surface area contributed by atoms with Gasteiger partial charge in [0.15, 0.2) is 11.5 Å². The Hall–Kier alpha value is -3.75. The normalized spacial score (nSPS) is 16.4. The fraction of sp³-hybridized carbons (Fsp3) is 0.545. The number of aryl methyl sites for hydroxylation is 1. The highest BCUT2D eigenvalue weighted by molar-refractivity contribution is 5.84.